The molecule has 0 aliphatic carbocycles. The number of hydrogen-bond donors (Lipinski definition) is 0. The minimum absolute atomic E-state index is 0.127. The third-order valence-corrected chi connectivity index (χ3v) is 5.24. The first-order valence-electron chi connectivity index (χ1n) is 9.92. The minimum atomic E-state index is -0.251. The largest absolute Gasteiger partial charge is 0.335 e. The maximum absolute atomic E-state index is 12.9. The maximum atomic E-state index is 12.9. The molecule has 148 valence electrons. The predicted octanol–water partition coefficient (Wildman–Crippen LogP) is 2.23. The van der Waals surface area contributed by atoms with E-state index in [1.807, 2.05) is 29.2 Å². The first-order valence-corrected chi connectivity index (χ1v) is 9.92. The molecule has 0 spiro atoms. The fourth-order valence-electron chi connectivity index (χ4n) is 3.55. The van der Waals surface area contributed by atoms with E-state index in [1.54, 1.807) is 12.1 Å². The number of piperazine rings is 1. The molecular weight excluding hydrogens is 364 g/mol. The van der Waals surface area contributed by atoms with Crippen LogP contribution in [0.1, 0.15) is 16.1 Å². The van der Waals surface area contributed by atoms with Gasteiger partial charge in [-0.05, 0) is 30.2 Å². The maximum Gasteiger partial charge on any atom is 0.274 e. The van der Waals surface area contributed by atoms with Crippen molar-refractivity contribution in [1.82, 2.24) is 19.6 Å². The molecule has 29 heavy (non-hydrogen) atoms. The van der Waals surface area contributed by atoms with Gasteiger partial charge in [-0.3, -0.25) is 14.5 Å². The van der Waals surface area contributed by atoms with Gasteiger partial charge >= 0.3 is 0 Å². The second-order valence-corrected chi connectivity index (χ2v) is 7.17. The summed E-state index contributed by atoms with van der Waals surface area (Å²) in [6.07, 6.45) is 1.01. The predicted molar refractivity (Wildman–Crippen MR) is 112 cm³/mol. The highest BCUT2D eigenvalue weighted by molar-refractivity contribution is 5.92. The highest BCUT2D eigenvalue weighted by Gasteiger charge is 2.23. The summed E-state index contributed by atoms with van der Waals surface area (Å²) in [5.74, 6) is -0.127. The molecule has 1 saturated heterocycles. The Labute approximate surface area is 170 Å². The van der Waals surface area contributed by atoms with Crippen molar-refractivity contribution >= 4 is 5.91 Å². The molecule has 1 amide bonds. The summed E-state index contributed by atoms with van der Waals surface area (Å²) in [6, 6.07) is 22.5. The van der Waals surface area contributed by atoms with Gasteiger partial charge in [0.1, 0.15) is 5.69 Å². The molecule has 0 saturated carbocycles. The Balaban J connectivity index is 1.38. The molecule has 1 fully saturated rings. The Hall–Kier alpha value is -3.25. The van der Waals surface area contributed by atoms with Crippen molar-refractivity contribution in [3.05, 3.63) is 94.4 Å². The third-order valence-electron chi connectivity index (χ3n) is 5.24. The Bertz CT molecular complexity index is 1010. The number of benzene rings is 2. The van der Waals surface area contributed by atoms with Gasteiger partial charge in [0, 0.05) is 38.8 Å². The second-order valence-electron chi connectivity index (χ2n) is 7.17. The summed E-state index contributed by atoms with van der Waals surface area (Å²) < 4.78 is 1.28. The number of carbonyl (C=O) groups excluding carboxylic acids is 1. The van der Waals surface area contributed by atoms with Crippen LogP contribution < -0.4 is 5.56 Å². The lowest BCUT2D eigenvalue weighted by Crippen LogP contribution is -2.49. The van der Waals surface area contributed by atoms with Crippen molar-refractivity contribution in [3.63, 3.8) is 0 Å². The van der Waals surface area contributed by atoms with E-state index in [-0.39, 0.29) is 11.5 Å². The van der Waals surface area contributed by atoms with Gasteiger partial charge in [0.05, 0.1) is 5.69 Å². The summed E-state index contributed by atoms with van der Waals surface area (Å²) in [6.45, 7) is 4.01. The quantitative estimate of drug-likeness (QED) is 0.673. The molecule has 6 nitrogen and oxygen atoms in total. The van der Waals surface area contributed by atoms with Crippen molar-refractivity contribution in [2.45, 2.75) is 6.42 Å². The van der Waals surface area contributed by atoms with Gasteiger partial charge in [0.25, 0.3) is 11.5 Å². The number of nitrogens with zero attached hydrogens (tertiary/aromatic N) is 4. The standard InChI is InChI=1S/C23H24N4O2/c28-22-12-11-21(24-27(22)20-9-5-2-6-10-20)23(29)26-17-15-25(16-18-26)14-13-19-7-3-1-4-8-19/h1-12H,13-18H2. The van der Waals surface area contributed by atoms with Gasteiger partial charge in [-0.25, -0.2) is 0 Å². The van der Waals surface area contributed by atoms with Crippen LogP contribution in [-0.2, 0) is 6.42 Å². The summed E-state index contributed by atoms with van der Waals surface area (Å²) in [5.41, 5.74) is 2.03. The number of rotatable bonds is 5. The molecule has 3 aromatic rings. The Morgan fingerprint density at radius 1 is 0.828 bits per heavy atom. The zero-order valence-corrected chi connectivity index (χ0v) is 16.3. The van der Waals surface area contributed by atoms with Crippen molar-refractivity contribution in [1.29, 1.82) is 0 Å². The van der Waals surface area contributed by atoms with Gasteiger partial charge in [-0.2, -0.15) is 9.78 Å². The average Bonchev–Trinajstić information content (AvgIpc) is 2.79. The molecule has 1 aliphatic heterocycles. The summed E-state index contributed by atoms with van der Waals surface area (Å²) in [4.78, 5) is 29.3. The smallest absolute Gasteiger partial charge is 0.274 e. The number of para-hydroxylation sites is 1. The Kier molecular flexibility index (Phi) is 5.81. The van der Waals surface area contributed by atoms with Gasteiger partial charge in [0.15, 0.2) is 0 Å². The van der Waals surface area contributed by atoms with Crippen LogP contribution in [-0.4, -0.2) is 58.2 Å². The van der Waals surface area contributed by atoms with E-state index in [2.05, 4.69) is 34.3 Å². The molecule has 1 aromatic heterocycles. The van der Waals surface area contributed by atoms with Crippen LogP contribution in [0.15, 0.2) is 77.6 Å². The normalized spacial score (nSPS) is 14.7. The fourth-order valence-corrected chi connectivity index (χ4v) is 3.55. The van der Waals surface area contributed by atoms with Crippen LogP contribution in [0, 0.1) is 0 Å². The molecule has 0 unspecified atom stereocenters. The van der Waals surface area contributed by atoms with Crippen LogP contribution >= 0.6 is 0 Å². The van der Waals surface area contributed by atoms with Crippen LogP contribution in [0.25, 0.3) is 5.69 Å². The van der Waals surface area contributed by atoms with Crippen LogP contribution in [0.2, 0.25) is 0 Å². The first kappa shape index (κ1) is 19.1. The molecule has 4 rings (SSSR count). The monoisotopic (exact) mass is 388 g/mol. The lowest BCUT2D eigenvalue weighted by atomic mass is 10.1. The molecule has 0 bridgehead atoms. The number of carbonyl (C=O) groups is 1. The van der Waals surface area contributed by atoms with Crippen molar-refractivity contribution in [2.75, 3.05) is 32.7 Å². The van der Waals surface area contributed by atoms with E-state index in [0.717, 1.165) is 26.1 Å². The van der Waals surface area contributed by atoms with E-state index in [9.17, 15) is 9.59 Å². The Morgan fingerprint density at radius 2 is 1.48 bits per heavy atom. The molecule has 2 heterocycles. The number of hydrogen-bond acceptors (Lipinski definition) is 4. The van der Waals surface area contributed by atoms with Crippen molar-refractivity contribution < 1.29 is 4.79 Å². The van der Waals surface area contributed by atoms with E-state index in [0.29, 0.717) is 24.5 Å². The molecule has 6 heteroatoms. The van der Waals surface area contributed by atoms with Crippen molar-refractivity contribution in [3.8, 4) is 5.69 Å². The highest BCUT2D eigenvalue weighted by Crippen LogP contribution is 2.09. The molecule has 2 aromatic carbocycles. The summed E-state index contributed by atoms with van der Waals surface area (Å²) in [5, 5.41) is 4.31. The molecule has 0 radical (unpaired) electrons. The van der Waals surface area contributed by atoms with Gasteiger partial charge in [-0.1, -0.05) is 48.5 Å². The SMILES string of the molecule is O=C(c1ccc(=O)n(-c2ccccc2)n1)N1CCN(CCc2ccccc2)CC1. The zero-order chi connectivity index (χ0) is 20.1. The zero-order valence-electron chi connectivity index (χ0n) is 16.3. The van der Waals surface area contributed by atoms with Crippen molar-refractivity contribution in [2.24, 2.45) is 0 Å². The lowest BCUT2D eigenvalue weighted by Gasteiger charge is -2.34. The summed E-state index contributed by atoms with van der Waals surface area (Å²) >= 11 is 0. The first-order chi connectivity index (χ1) is 14.2. The van der Waals surface area contributed by atoms with Crippen LogP contribution in [0.4, 0.5) is 0 Å². The third kappa shape index (κ3) is 4.60. The van der Waals surface area contributed by atoms with E-state index in [4.69, 9.17) is 0 Å². The topological polar surface area (TPSA) is 58.4 Å². The summed E-state index contributed by atoms with van der Waals surface area (Å²) in [7, 11) is 0. The fraction of sp³-hybridized carbons (Fsp3) is 0.261. The van der Waals surface area contributed by atoms with Gasteiger partial charge in [0.2, 0.25) is 0 Å². The molecule has 0 N–H and O–H groups in total. The van der Waals surface area contributed by atoms with E-state index < -0.39 is 0 Å². The number of aromatic nitrogens is 2. The number of amides is 1. The Morgan fingerprint density at radius 3 is 2.17 bits per heavy atom. The van der Waals surface area contributed by atoms with Gasteiger partial charge < -0.3 is 4.90 Å². The molecule has 0 atom stereocenters. The average molecular weight is 388 g/mol. The lowest BCUT2D eigenvalue weighted by molar-refractivity contribution is 0.0630. The highest BCUT2D eigenvalue weighted by atomic mass is 16.2. The van der Waals surface area contributed by atoms with Gasteiger partial charge in [-0.15, -0.1) is 0 Å². The minimum Gasteiger partial charge on any atom is -0.335 e. The molecule has 1 aliphatic rings. The second kappa shape index (κ2) is 8.84. The van der Waals surface area contributed by atoms with Crippen LogP contribution in [0.5, 0.6) is 0 Å². The van der Waals surface area contributed by atoms with E-state index in [1.165, 1.54) is 22.4 Å². The molecular formula is C23H24N4O2. The van der Waals surface area contributed by atoms with Crippen LogP contribution in [0.3, 0.4) is 0 Å². The van der Waals surface area contributed by atoms with E-state index >= 15 is 0 Å².